The molecule has 0 radical (unpaired) electrons. The van der Waals surface area contributed by atoms with E-state index < -0.39 is 6.10 Å². The van der Waals surface area contributed by atoms with Crippen molar-refractivity contribution >= 4 is 34.7 Å². The third-order valence-corrected chi connectivity index (χ3v) is 3.77. The van der Waals surface area contributed by atoms with E-state index in [4.69, 9.17) is 16.3 Å². The van der Waals surface area contributed by atoms with Crippen molar-refractivity contribution in [3.05, 3.63) is 27.5 Å². The highest BCUT2D eigenvalue weighted by atomic mass is 35.5. The van der Waals surface area contributed by atoms with Crippen molar-refractivity contribution in [3.8, 4) is 5.88 Å². The molecule has 1 unspecified atom stereocenters. The van der Waals surface area contributed by atoms with Gasteiger partial charge in [0.15, 0.2) is 0 Å². The molecular weight excluding hydrogens is 294 g/mol. The average Bonchev–Trinajstić information content (AvgIpc) is 2.98. The van der Waals surface area contributed by atoms with Crippen LogP contribution in [0, 0.1) is 0 Å². The Morgan fingerprint density at radius 2 is 2.39 bits per heavy atom. The van der Waals surface area contributed by atoms with Gasteiger partial charge in [-0.05, 0) is 12.1 Å². The Kier molecular flexibility index (Phi) is 5.33. The van der Waals surface area contributed by atoms with Crippen molar-refractivity contribution < 1.29 is 9.84 Å². The van der Waals surface area contributed by atoms with Crippen molar-refractivity contribution in [2.75, 3.05) is 13.2 Å². The minimum Gasteiger partial charge on any atom is -0.473 e. The average molecular weight is 306 g/mol. The molecule has 2 N–H and O–H groups in total. The van der Waals surface area contributed by atoms with Crippen molar-refractivity contribution in [2.24, 2.45) is 0 Å². The Labute approximate surface area is 118 Å². The fourth-order valence-electron chi connectivity index (χ4n) is 1.27. The van der Waals surface area contributed by atoms with Crippen LogP contribution in [0.25, 0.3) is 0 Å². The topological polar surface area (TPSA) is 67.3 Å². The summed E-state index contributed by atoms with van der Waals surface area (Å²) in [5.74, 6) is 0.448. The van der Waals surface area contributed by atoms with Gasteiger partial charge in [-0.1, -0.05) is 11.6 Å². The molecule has 0 saturated carbocycles. The highest BCUT2D eigenvalue weighted by Crippen LogP contribution is 2.20. The molecule has 0 bridgehead atoms. The molecule has 0 aliphatic rings. The molecule has 8 heteroatoms. The van der Waals surface area contributed by atoms with Crippen LogP contribution in [0.2, 0.25) is 4.34 Å². The number of nitrogens with one attached hydrogen (secondary N) is 1. The van der Waals surface area contributed by atoms with E-state index in [-0.39, 0.29) is 6.61 Å². The van der Waals surface area contributed by atoms with Gasteiger partial charge in [0.05, 0.1) is 16.1 Å². The van der Waals surface area contributed by atoms with Gasteiger partial charge in [0.1, 0.15) is 18.9 Å². The van der Waals surface area contributed by atoms with Crippen molar-refractivity contribution in [1.29, 1.82) is 0 Å². The van der Waals surface area contributed by atoms with Crippen LogP contribution in [0.3, 0.4) is 0 Å². The van der Waals surface area contributed by atoms with Gasteiger partial charge >= 0.3 is 0 Å². The molecule has 2 aromatic heterocycles. The maximum absolute atomic E-state index is 9.68. The summed E-state index contributed by atoms with van der Waals surface area (Å²) >= 11 is 8.42. The smallest absolute Gasteiger partial charge is 0.245 e. The van der Waals surface area contributed by atoms with E-state index in [1.54, 1.807) is 0 Å². The van der Waals surface area contributed by atoms with Gasteiger partial charge in [-0.15, -0.1) is 15.7 Å². The molecule has 98 valence electrons. The molecular formula is C10H12ClN3O2S2. The normalized spacial score (nSPS) is 12.6. The molecule has 0 amide bonds. The van der Waals surface area contributed by atoms with Crippen molar-refractivity contribution in [1.82, 2.24) is 14.1 Å². The van der Waals surface area contributed by atoms with Gasteiger partial charge < -0.3 is 15.2 Å². The third kappa shape index (κ3) is 4.51. The summed E-state index contributed by atoms with van der Waals surface area (Å²) in [7, 11) is 0. The summed E-state index contributed by atoms with van der Waals surface area (Å²) in [6.07, 6.45) is 0.945. The van der Waals surface area contributed by atoms with Crippen LogP contribution in [0.5, 0.6) is 5.88 Å². The van der Waals surface area contributed by atoms with Crippen molar-refractivity contribution in [2.45, 2.75) is 12.6 Å². The summed E-state index contributed by atoms with van der Waals surface area (Å²) in [5.41, 5.74) is 0. The zero-order valence-electron chi connectivity index (χ0n) is 9.38. The summed E-state index contributed by atoms with van der Waals surface area (Å²) in [6.45, 7) is 1.34. The Balaban J connectivity index is 1.61. The molecule has 0 saturated heterocycles. The zero-order chi connectivity index (χ0) is 12.8. The van der Waals surface area contributed by atoms with Crippen molar-refractivity contribution in [3.63, 3.8) is 0 Å². The molecule has 2 rings (SSSR count). The zero-order valence-corrected chi connectivity index (χ0v) is 11.8. The quantitative estimate of drug-likeness (QED) is 0.816. The molecule has 0 aliphatic heterocycles. The number of aliphatic hydroxyl groups is 1. The lowest BCUT2D eigenvalue weighted by Crippen LogP contribution is -2.31. The second kappa shape index (κ2) is 7.01. The number of aliphatic hydroxyl groups excluding tert-OH is 1. The van der Waals surface area contributed by atoms with E-state index in [1.807, 2.05) is 12.1 Å². The minimum absolute atomic E-state index is 0.198. The minimum atomic E-state index is -0.581. The summed E-state index contributed by atoms with van der Waals surface area (Å²) in [4.78, 5) is 1.14. The fraction of sp³-hybridized carbons (Fsp3) is 0.400. The second-order valence-electron chi connectivity index (χ2n) is 3.55. The first-order valence-corrected chi connectivity index (χ1v) is 7.20. The van der Waals surface area contributed by atoms with E-state index in [9.17, 15) is 5.11 Å². The predicted octanol–water partition coefficient (Wildman–Crippen LogP) is 1.78. The third-order valence-electron chi connectivity index (χ3n) is 2.07. The highest BCUT2D eigenvalue weighted by molar-refractivity contribution is 7.16. The first-order valence-electron chi connectivity index (χ1n) is 5.27. The molecule has 0 aromatic carbocycles. The van der Waals surface area contributed by atoms with Crippen LogP contribution in [0.15, 0.2) is 18.3 Å². The van der Waals surface area contributed by atoms with E-state index >= 15 is 0 Å². The molecule has 0 aliphatic carbocycles. The Hall–Kier alpha value is -0.730. The Bertz CT molecular complexity index is 463. The van der Waals surface area contributed by atoms with E-state index in [1.165, 1.54) is 17.5 Å². The predicted molar refractivity (Wildman–Crippen MR) is 72.4 cm³/mol. The summed E-state index contributed by atoms with van der Waals surface area (Å²) < 4.78 is 13.7. The number of ether oxygens (including phenoxy) is 1. The summed E-state index contributed by atoms with van der Waals surface area (Å²) in [5, 5.41) is 12.8. The number of thiophene rings is 1. The van der Waals surface area contributed by atoms with Crippen LogP contribution < -0.4 is 10.1 Å². The lowest BCUT2D eigenvalue weighted by molar-refractivity contribution is 0.104. The largest absolute Gasteiger partial charge is 0.473 e. The number of rotatable bonds is 7. The number of halogens is 1. The van der Waals surface area contributed by atoms with Crippen LogP contribution >= 0.6 is 34.7 Å². The summed E-state index contributed by atoms with van der Waals surface area (Å²) in [6, 6.07) is 3.82. The Morgan fingerprint density at radius 3 is 3.06 bits per heavy atom. The molecule has 5 nitrogen and oxygen atoms in total. The van der Waals surface area contributed by atoms with E-state index in [0.717, 1.165) is 20.9 Å². The SMILES string of the molecule is OC(CNCc1ccc(Cl)s1)COc1cnsn1. The van der Waals surface area contributed by atoms with Gasteiger partial charge in [0.2, 0.25) is 5.88 Å². The van der Waals surface area contributed by atoms with E-state index in [2.05, 4.69) is 14.1 Å². The number of hydrogen-bond donors (Lipinski definition) is 2. The van der Waals surface area contributed by atoms with Gasteiger partial charge in [-0.3, -0.25) is 0 Å². The fourth-order valence-corrected chi connectivity index (χ4v) is 2.69. The van der Waals surface area contributed by atoms with Crippen LogP contribution in [-0.2, 0) is 6.54 Å². The Morgan fingerprint density at radius 1 is 1.50 bits per heavy atom. The lowest BCUT2D eigenvalue weighted by Gasteiger charge is -2.11. The molecule has 1 atom stereocenters. The van der Waals surface area contributed by atoms with Gasteiger partial charge in [0.25, 0.3) is 0 Å². The first-order chi connectivity index (χ1) is 8.74. The maximum atomic E-state index is 9.68. The second-order valence-corrected chi connectivity index (χ2v) is 5.90. The number of nitrogens with zero attached hydrogens (tertiary/aromatic N) is 2. The first kappa shape index (κ1) is 13.7. The highest BCUT2D eigenvalue weighted by Gasteiger charge is 2.06. The standard InChI is InChI=1S/C10H12ClN3O2S2/c11-9-2-1-8(17-9)4-12-3-7(15)6-16-10-5-13-18-14-10/h1-2,5,7,12,15H,3-4,6H2. The van der Waals surface area contributed by atoms with Crippen LogP contribution in [-0.4, -0.2) is 33.1 Å². The number of hydrogen-bond acceptors (Lipinski definition) is 7. The van der Waals surface area contributed by atoms with Gasteiger partial charge in [-0.2, -0.15) is 4.37 Å². The molecule has 0 fully saturated rings. The molecule has 2 aromatic rings. The van der Waals surface area contributed by atoms with Gasteiger partial charge in [0, 0.05) is 18.0 Å². The van der Waals surface area contributed by atoms with Crippen LogP contribution in [0.4, 0.5) is 0 Å². The van der Waals surface area contributed by atoms with E-state index in [0.29, 0.717) is 19.0 Å². The van der Waals surface area contributed by atoms with Crippen LogP contribution in [0.1, 0.15) is 4.88 Å². The van der Waals surface area contributed by atoms with Gasteiger partial charge in [-0.25, -0.2) is 0 Å². The maximum Gasteiger partial charge on any atom is 0.245 e. The monoisotopic (exact) mass is 305 g/mol. The molecule has 0 spiro atoms. The number of aromatic nitrogens is 2. The lowest BCUT2D eigenvalue weighted by atomic mass is 10.3. The molecule has 18 heavy (non-hydrogen) atoms. The molecule has 2 heterocycles.